The van der Waals surface area contributed by atoms with Crippen LogP contribution < -0.4 is 5.73 Å². The van der Waals surface area contributed by atoms with E-state index in [1.165, 1.54) is 12.1 Å². The normalized spacial score (nSPS) is 10.7. The third-order valence-corrected chi connectivity index (χ3v) is 3.12. The molecule has 0 spiro atoms. The maximum atomic E-state index is 13.1. The molecule has 0 aliphatic rings. The van der Waals surface area contributed by atoms with E-state index in [0.29, 0.717) is 17.0 Å². The number of rotatable bonds is 5. The third-order valence-electron chi connectivity index (χ3n) is 2.47. The molecule has 1 aromatic rings. The van der Waals surface area contributed by atoms with E-state index in [-0.39, 0.29) is 11.3 Å². The van der Waals surface area contributed by atoms with Crippen molar-refractivity contribution in [2.45, 2.75) is 26.7 Å². The van der Waals surface area contributed by atoms with Crippen molar-refractivity contribution in [1.29, 1.82) is 0 Å². The summed E-state index contributed by atoms with van der Waals surface area (Å²) in [5.74, 6) is -0.465. The Morgan fingerprint density at radius 1 is 1.50 bits per heavy atom. The molecule has 3 nitrogen and oxygen atoms in total. The number of anilines is 1. The number of carbonyl (C=O) groups excluding carboxylic acids is 1. The second-order valence-electron chi connectivity index (χ2n) is 4.53. The highest BCUT2D eigenvalue weighted by Gasteiger charge is 2.14. The Morgan fingerprint density at radius 3 is 2.78 bits per heavy atom. The maximum Gasteiger partial charge on any atom is 0.339 e. The first kappa shape index (κ1) is 15.0. The summed E-state index contributed by atoms with van der Waals surface area (Å²) in [5.41, 5.74) is 5.60. The van der Waals surface area contributed by atoms with E-state index >= 15 is 0 Å². The van der Waals surface area contributed by atoms with Gasteiger partial charge in [-0.3, -0.25) is 0 Å². The quantitative estimate of drug-likeness (QED) is 0.511. The highest BCUT2D eigenvalue weighted by atomic mass is 79.9. The van der Waals surface area contributed by atoms with Crippen molar-refractivity contribution >= 4 is 27.6 Å². The largest absolute Gasteiger partial charge is 0.462 e. The smallest absolute Gasteiger partial charge is 0.339 e. The van der Waals surface area contributed by atoms with Crippen LogP contribution in [0.2, 0.25) is 0 Å². The molecule has 18 heavy (non-hydrogen) atoms. The highest BCUT2D eigenvalue weighted by molar-refractivity contribution is 9.10. The van der Waals surface area contributed by atoms with Crippen molar-refractivity contribution in [2.75, 3.05) is 12.3 Å². The van der Waals surface area contributed by atoms with Crippen LogP contribution in [0.1, 0.15) is 37.0 Å². The highest BCUT2D eigenvalue weighted by Crippen LogP contribution is 2.23. The fourth-order valence-corrected chi connectivity index (χ4v) is 1.93. The fraction of sp³-hybridized carbons (Fsp3) is 0.462. The van der Waals surface area contributed by atoms with E-state index in [1.807, 2.05) is 0 Å². The van der Waals surface area contributed by atoms with Crippen molar-refractivity contribution in [3.05, 3.63) is 28.0 Å². The van der Waals surface area contributed by atoms with Crippen LogP contribution in [-0.2, 0) is 4.74 Å². The van der Waals surface area contributed by atoms with Gasteiger partial charge in [-0.2, -0.15) is 0 Å². The second-order valence-corrected chi connectivity index (χ2v) is 5.38. The number of esters is 1. The van der Waals surface area contributed by atoms with Crippen LogP contribution in [-0.4, -0.2) is 12.6 Å². The molecule has 0 bridgehead atoms. The predicted molar refractivity (Wildman–Crippen MR) is 72.9 cm³/mol. The van der Waals surface area contributed by atoms with Gasteiger partial charge in [-0.15, -0.1) is 0 Å². The lowest BCUT2D eigenvalue weighted by Gasteiger charge is -2.08. The summed E-state index contributed by atoms with van der Waals surface area (Å²) in [6, 6.07) is 2.45. The summed E-state index contributed by atoms with van der Waals surface area (Å²) in [6.45, 7) is 4.58. The third kappa shape index (κ3) is 4.29. The number of nitrogens with two attached hydrogens (primary N) is 1. The molecular formula is C13H17BrFNO2. The molecule has 0 fully saturated rings. The number of carbonyl (C=O) groups is 1. The van der Waals surface area contributed by atoms with Gasteiger partial charge in [0.1, 0.15) is 5.82 Å². The first-order valence-corrected chi connectivity index (χ1v) is 6.62. The molecule has 2 N–H and O–H groups in total. The lowest BCUT2D eigenvalue weighted by Crippen LogP contribution is -2.09. The van der Waals surface area contributed by atoms with Crippen molar-refractivity contribution < 1.29 is 13.9 Å². The van der Waals surface area contributed by atoms with Gasteiger partial charge in [-0.05, 0) is 46.8 Å². The van der Waals surface area contributed by atoms with Crippen LogP contribution >= 0.6 is 15.9 Å². The summed E-state index contributed by atoms with van der Waals surface area (Å²) in [5, 5.41) is 0. The summed E-state index contributed by atoms with van der Waals surface area (Å²) in [6.07, 6.45) is 1.82. The molecule has 0 atom stereocenters. The predicted octanol–water partition coefficient (Wildman–Crippen LogP) is 3.76. The molecule has 0 saturated heterocycles. The maximum absolute atomic E-state index is 13.1. The van der Waals surface area contributed by atoms with Gasteiger partial charge >= 0.3 is 5.97 Å². The Balaban J connectivity index is 2.59. The fourth-order valence-electron chi connectivity index (χ4n) is 1.46. The molecule has 0 unspecified atom stereocenters. The first-order valence-electron chi connectivity index (χ1n) is 5.83. The molecular weight excluding hydrogens is 301 g/mol. The van der Waals surface area contributed by atoms with Gasteiger partial charge in [0.25, 0.3) is 0 Å². The van der Waals surface area contributed by atoms with Gasteiger partial charge < -0.3 is 10.5 Å². The minimum Gasteiger partial charge on any atom is -0.462 e. The standard InChI is InChI=1S/C13H17BrFNO2/c1-8(2)4-3-5-18-13(17)9-6-12(16)11(15)7-10(9)14/h6-8H,3-5,16H2,1-2H3. The lowest BCUT2D eigenvalue weighted by atomic mass is 10.1. The zero-order valence-corrected chi connectivity index (χ0v) is 12.1. The van der Waals surface area contributed by atoms with E-state index in [4.69, 9.17) is 10.5 Å². The first-order chi connectivity index (χ1) is 8.41. The Kier molecular flexibility index (Phi) is 5.59. The van der Waals surface area contributed by atoms with E-state index in [1.54, 1.807) is 0 Å². The van der Waals surface area contributed by atoms with Crippen molar-refractivity contribution in [1.82, 2.24) is 0 Å². The molecule has 0 aromatic heterocycles. The zero-order chi connectivity index (χ0) is 13.7. The van der Waals surface area contributed by atoms with Crippen molar-refractivity contribution in [2.24, 2.45) is 5.92 Å². The summed E-state index contributed by atoms with van der Waals surface area (Å²) in [7, 11) is 0. The minimum absolute atomic E-state index is 0.0627. The van der Waals surface area contributed by atoms with E-state index < -0.39 is 11.8 Å². The zero-order valence-electron chi connectivity index (χ0n) is 10.5. The summed E-state index contributed by atoms with van der Waals surface area (Å²) in [4.78, 5) is 11.7. The number of hydrogen-bond acceptors (Lipinski definition) is 3. The molecule has 0 saturated carbocycles. The summed E-state index contributed by atoms with van der Waals surface area (Å²) >= 11 is 3.12. The van der Waals surface area contributed by atoms with Crippen molar-refractivity contribution in [3.63, 3.8) is 0 Å². The van der Waals surface area contributed by atoms with Gasteiger partial charge in [0, 0.05) is 4.47 Å². The Bertz CT molecular complexity index is 435. The lowest BCUT2D eigenvalue weighted by molar-refractivity contribution is 0.0493. The molecule has 0 amide bonds. The van der Waals surface area contributed by atoms with Gasteiger partial charge in [0.2, 0.25) is 0 Å². The minimum atomic E-state index is -0.557. The van der Waals surface area contributed by atoms with Crippen LogP contribution in [0, 0.1) is 11.7 Å². The van der Waals surface area contributed by atoms with E-state index in [0.717, 1.165) is 12.8 Å². The summed E-state index contributed by atoms with van der Waals surface area (Å²) < 4.78 is 18.6. The van der Waals surface area contributed by atoms with Crippen LogP contribution in [0.15, 0.2) is 16.6 Å². The van der Waals surface area contributed by atoms with Crippen LogP contribution in [0.4, 0.5) is 10.1 Å². The van der Waals surface area contributed by atoms with Gasteiger partial charge in [0.05, 0.1) is 17.9 Å². The number of benzene rings is 1. The average Bonchev–Trinajstić information content (AvgIpc) is 2.28. The molecule has 5 heteroatoms. The SMILES string of the molecule is CC(C)CCCOC(=O)c1cc(N)c(F)cc1Br. The van der Waals surface area contributed by atoms with Crippen LogP contribution in [0.3, 0.4) is 0 Å². The number of ether oxygens (including phenoxy) is 1. The average molecular weight is 318 g/mol. The number of hydrogen-bond donors (Lipinski definition) is 1. The molecule has 0 aliphatic heterocycles. The molecule has 1 aromatic carbocycles. The van der Waals surface area contributed by atoms with E-state index in [2.05, 4.69) is 29.8 Å². The molecule has 1 rings (SSSR count). The topological polar surface area (TPSA) is 52.3 Å². The molecule has 0 radical (unpaired) electrons. The molecule has 0 heterocycles. The molecule has 100 valence electrons. The van der Waals surface area contributed by atoms with Gasteiger partial charge in [-0.1, -0.05) is 13.8 Å². The van der Waals surface area contributed by atoms with Gasteiger partial charge in [-0.25, -0.2) is 9.18 Å². The Hall–Kier alpha value is -1.10. The van der Waals surface area contributed by atoms with Crippen LogP contribution in [0.25, 0.3) is 0 Å². The number of halogens is 2. The van der Waals surface area contributed by atoms with Gasteiger partial charge in [0.15, 0.2) is 0 Å². The van der Waals surface area contributed by atoms with Crippen molar-refractivity contribution in [3.8, 4) is 0 Å². The second kappa shape index (κ2) is 6.73. The monoisotopic (exact) mass is 317 g/mol. The molecule has 0 aliphatic carbocycles. The number of nitrogen functional groups attached to an aromatic ring is 1. The van der Waals surface area contributed by atoms with Crippen LogP contribution in [0.5, 0.6) is 0 Å². The Morgan fingerprint density at radius 2 is 2.17 bits per heavy atom. The Labute approximate surface area is 115 Å². The van der Waals surface area contributed by atoms with E-state index in [9.17, 15) is 9.18 Å².